The van der Waals surface area contributed by atoms with Gasteiger partial charge in [0.05, 0.1) is 29.9 Å². The van der Waals surface area contributed by atoms with E-state index in [2.05, 4.69) is 27.5 Å². The van der Waals surface area contributed by atoms with Crippen LogP contribution in [0.1, 0.15) is 16.7 Å². The molecule has 0 atom stereocenters. The predicted octanol–water partition coefficient (Wildman–Crippen LogP) is 4.11. The Morgan fingerprint density at radius 1 is 1.00 bits per heavy atom. The van der Waals surface area contributed by atoms with Gasteiger partial charge in [0.25, 0.3) is 5.91 Å². The van der Waals surface area contributed by atoms with Gasteiger partial charge in [0.1, 0.15) is 0 Å². The summed E-state index contributed by atoms with van der Waals surface area (Å²) in [5, 5.41) is 16.0. The molecule has 3 aromatic rings. The number of carboxylic acids is 1. The van der Waals surface area contributed by atoms with E-state index in [9.17, 15) is 14.4 Å². The number of anilines is 3. The summed E-state index contributed by atoms with van der Waals surface area (Å²) >= 11 is 6.16. The monoisotopic (exact) mass is 573 g/mol. The van der Waals surface area contributed by atoms with Crippen LogP contribution < -0.4 is 15.5 Å². The SMILES string of the molecule is CN1CCN(CC(=O)N(C)c2ccc(NC(=C3C(=O)Nc4cc(Cl)ccc43)c3ccc(CC(=O)O)cc3)cc2)CC1. The number of nitrogens with one attached hydrogen (secondary N) is 2. The molecule has 212 valence electrons. The average Bonchev–Trinajstić information content (AvgIpc) is 3.27. The van der Waals surface area contributed by atoms with Crippen LogP contribution in [0.25, 0.3) is 11.3 Å². The Morgan fingerprint density at radius 3 is 2.34 bits per heavy atom. The molecule has 3 N–H and O–H groups in total. The fourth-order valence-corrected chi connectivity index (χ4v) is 5.17. The molecular weight excluding hydrogens is 542 g/mol. The van der Waals surface area contributed by atoms with Crippen LogP contribution in [0.5, 0.6) is 0 Å². The highest BCUT2D eigenvalue weighted by Crippen LogP contribution is 2.39. The molecule has 2 heterocycles. The number of piperazine rings is 1. The van der Waals surface area contributed by atoms with Gasteiger partial charge in [-0.2, -0.15) is 0 Å². The van der Waals surface area contributed by atoms with Crippen molar-refractivity contribution >= 4 is 57.7 Å². The molecule has 0 unspecified atom stereocenters. The first-order valence-corrected chi connectivity index (χ1v) is 13.8. The zero-order valence-corrected chi connectivity index (χ0v) is 23.7. The second-order valence-electron chi connectivity index (χ2n) is 10.4. The molecular formula is C31H32ClN5O4. The van der Waals surface area contributed by atoms with Crippen LogP contribution in [0.2, 0.25) is 5.02 Å². The Kier molecular flexibility index (Phi) is 8.39. The quantitative estimate of drug-likeness (QED) is 0.348. The summed E-state index contributed by atoms with van der Waals surface area (Å²) in [5.74, 6) is -1.16. The lowest BCUT2D eigenvalue weighted by molar-refractivity contribution is -0.136. The van der Waals surface area contributed by atoms with Gasteiger partial charge in [-0.25, -0.2) is 0 Å². The number of likely N-dealkylation sites (N-methyl/N-ethyl adjacent to an activating group) is 2. The molecule has 0 aliphatic carbocycles. The van der Waals surface area contributed by atoms with Gasteiger partial charge in [0.2, 0.25) is 5.91 Å². The molecule has 0 bridgehead atoms. The van der Waals surface area contributed by atoms with Gasteiger partial charge in [-0.05, 0) is 54.6 Å². The summed E-state index contributed by atoms with van der Waals surface area (Å²) in [4.78, 5) is 43.4. The molecule has 0 spiro atoms. The summed E-state index contributed by atoms with van der Waals surface area (Å²) in [5.41, 5.74) is 5.21. The topological polar surface area (TPSA) is 105 Å². The average molecular weight is 574 g/mol. The number of carbonyl (C=O) groups excluding carboxylic acids is 2. The normalized spacial score (nSPS) is 16.6. The molecule has 3 aromatic carbocycles. The Balaban J connectivity index is 1.41. The number of benzene rings is 3. The van der Waals surface area contributed by atoms with Crippen molar-refractivity contribution < 1.29 is 19.5 Å². The summed E-state index contributed by atoms with van der Waals surface area (Å²) in [6, 6.07) is 19.8. The predicted molar refractivity (Wildman–Crippen MR) is 162 cm³/mol. The highest BCUT2D eigenvalue weighted by molar-refractivity contribution is 6.38. The van der Waals surface area contributed by atoms with Crippen LogP contribution >= 0.6 is 11.6 Å². The lowest BCUT2D eigenvalue weighted by Crippen LogP contribution is -2.48. The van der Waals surface area contributed by atoms with E-state index in [1.807, 2.05) is 24.3 Å². The molecule has 2 amide bonds. The minimum Gasteiger partial charge on any atom is -0.481 e. The number of fused-ring (bicyclic) bond motifs is 1. The van der Waals surface area contributed by atoms with Crippen molar-refractivity contribution in [3.63, 3.8) is 0 Å². The van der Waals surface area contributed by atoms with Gasteiger partial charge in [-0.15, -0.1) is 0 Å². The fraction of sp³-hybridized carbons (Fsp3) is 0.258. The number of hydrogen-bond donors (Lipinski definition) is 3. The summed E-state index contributed by atoms with van der Waals surface area (Å²) in [7, 11) is 3.86. The summed E-state index contributed by atoms with van der Waals surface area (Å²) in [6.45, 7) is 4.02. The molecule has 0 radical (unpaired) electrons. The third-order valence-corrected chi connectivity index (χ3v) is 7.66. The van der Waals surface area contributed by atoms with E-state index in [-0.39, 0.29) is 18.2 Å². The van der Waals surface area contributed by atoms with Crippen LogP contribution in [-0.2, 0) is 20.8 Å². The molecule has 9 nitrogen and oxygen atoms in total. The zero-order valence-electron chi connectivity index (χ0n) is 23.0. The lowest BCUT2D eigenvalue weighted by Gasteiger charge is -2.32. The Morgan fingerprint density at radius 2 is 1.68 bits per heavy atom. The first kappa shape index (κ1) is 28.4. The van der Waals surface area contributed by atoms with Crippen molar-refractivity contribution in [3.8, 4) is 0 Å². The highest BCUT2D eigenvalue weighted by atomic mass is 35.5. The first-order valence-electron chi connectivity index (χ1n) is 13.4. The van der Waals surface area contributed by atoms with E-state index in [0.717, 1.165) is 43.1 Å². The number of hydrogen-bond acceptors (Lipinski definition) is 6. The minimum absolute atomic E-state index is 0.0254. The first-order chi connectivity index (χ1) is 19.7. The molecule has 10 heteroatoms. The summed E-state index contributed by atoms with van der Waals surface area (Å²) < 4.78 is 0. The maximum absolute atomic E-state index is 13.2. The minimum atomic E-state index is -0.914. The Hall–Kier alpha value is -4.18. The zero-order chi connectivity index (χ0) is 29.1. The molecule has 0 saturated carbocycles. The van der Waals surface area contributed by atoms with Crippen molar-refractivity contribution in [1.29, 1.82) is 0 Å². The fourth-order valence-electron chi connectivity index (χ4n) is 5.00. The van der Waals surface area contributed by atoms with E-state index in [4.69, 9.17) is 16.7 Å². The van der Waals surface area contributed by atoms with Crippen molar-refractivity contribution in [3.05, 3.63) is 88.4 Å². The number of halogens is 1. The standard InChI is InChI=1S/C31H32ClN5O4/c1-35-13-15-37(16-14-35)19-27(38)36(2)24-10-8-23(9-11-24)33-30(21-5-3-20(4-6-21)17-28(39)40)29-25-12-7-22(32)18-26(25)34-31(29)41/h3-12,18,33H,13-17,19H2,1-2H3,(H,34,41)(H,39,40). The van der Waals surface area contributed by atoms with Crippen LogP contribution in [0, 0.1) is 0 Å². The van der Waals surface area contributed by atoms with E-state index >= 15 is 0 Å². The molecule has 41 heavy (non-hydrogen) atoms. The van der Waals surface area contributed by atoms with E-state index in [0.29, 0.717) is 39.7 Å². The number of nitrogens with zero attached hydrogens (tertiary/aromatic N) is 3. The number of rotatable bonds is 8. The molecule has 1 fully saturated rings. The van der Waals surface area contributed by atoms with Crippen LogP contribution in [-0.4, -0.2) is 79.5 Å². The second-order valence-corrected chi connectivity index (χ2v) is 10.8. The number of aliphatic carboxylic acids is 1. The third-order valence-electron chi connectivity index (χ3n) is 7.43. The Bertz CT molecular complexity index is 1500. The van der Waals surface area contributed by atoms with Gasteiger partial charge < -0.3 is 25.5 Å². The maximum atomic E-state index is 13.2. The molecule has 1 saturated heterocycles. The molecule has 2 aliphatic heterocycles. The molecule has 5 rings (SSSR count). The van der Waals surface area contributed by atoms with Crippen molar-refractivity contribution in [2.75, 3.05) is 62.4 Å². The van der Waals surface area contributed by atoms with E-state index < -0.39 is 5.97 Å². The third kappa shape index (κ3) is 6.59. The largest absolute Gasteiger partial charge is 0.481 e. The van der Waals surface area contributed by atoms with Gasteiger partial charge in [-0.3, -0.25) is 19.3 Å². The Labute approximate surface area is 244 Å². The van der Waals surface area contributed by atoms with Crippen molar-refractivity contribution in [1.82, 2.24) is 9.80 Å². The molecule has 2 aliphatic rings. The smallest absolute Gasteiger partial charge is 0.307 e. The number of carbonyl (C=O) groups is 3. The van der Waals surface area contributed by atoms with Crippen molar-refractivity contribution in [2.45, 2.75) is 6.42 Å². The van der Waals surface area contributed by atoms with Crippen LogP contribution in [0.15, 0.2) is 66.7 Å². The highest BCUT2D eigenvalue weighted by Gasteiger charge is 2.29. The van der Waals surface area contributed by atoms with Crippen LogP contribution in [0.4, 0.5) is 17.1 Å². The number of carboxylic acid groups (broad SMARTS) is 1. The maximum Gasteiger partial charge on any atom is 0.307 e. The summed E-state index contributed by atoms with van der Waals surface area (Å²) in [6.07, 6.45) is -0.0933. The lowest BCUT2D eigenvalue weighted by atomic mass is 9.98. The van der Waals surface area contributed by atoms with Gasteiger partial charge in [0, 0.05) is 55.2 Å². The van der Waals surface area contributed by atoms with Crippen LogP contribution in [0.3, 0.4) is 0 Å². The van der Waals surface area contributed by atoms with Crippen molar-refractivity contribution in [2.24, 2.45) is 0 Å². The van der Waals surface area contributed by atoms with Gasteiger partial charge >= 0.3 is 5.97 Å². The second kappa shape index (κ2) is 12.1. The molecule has 0 aromatic heterocycles. The van der Waals surface area contributed by atoms with Gasteiger partial charge in [-0.1, -0.05) is 41.9 Å². The van der Waals surface area contributed by atoms with Gasteiger partial charge in [0.15, 0.2) is 0 Å². The number of amides is 2. The van der Waals surface area contributed by atoms with E-state index in [1.54, 1.807) is 54.4 Å². The van der Waals surface area contributed by atoms with E-state index in [1.165, 1.54) is 0 Å².